The average Bonchev–Trinajstić information content (AvgIpc) is 2.72. The maximum absolute atomic E-state index is 11.3. The minimum Gasteiger partial charge on any atom is -0.352 e. The molecule has 0 radical (unpaired) electrons. The Kier molecular flexibility index (Phi) is 3.90. The van der Waals surface area contributed by atoms with Crippen LogP contribution in [0.2, 0.25) is 0 Å². The maximum atomic E-state index is 11.3. The number of hydrogen-bond donors (Lipinski definition) is 1. The summed E-state index contributed by atoms with van der Waals surface area (Å²) in [5.41, 5.74) is 0. The number of ketones is 1. The SMILES string of the molecule is CC(=O)CCCCC1SC[C@@H]2CC(=O)N[C@H]12. The molecule has 3 nitrogen and oxygen atoms in total. The predicted octanol–water partition coefficient (Wildman–Crippen LogP) is 1.76. The molecule has 2 fully saturated rings. The molecule has 0 aliphatic carbocycles. The van der Waals surface area contributed by atoms with Crippen molar-refractivity contribution in [3.05, 3.63) is 0 Å². The molecular weight excluding hydrogens is 222 g/mol. The van der Waals surface area contributed by atoms with Crippen molar-refractivity contribution < 1.29 is 9.59 Å². The van der Waals surface area contributed by atoms with E-state index in [1.54, 1.807) is 6.92 Å². The number of nitrogens with one attached hydrogen (secondary N) is 1. The first kappa shape index (κ1) is 12.0. The Bertz CT molecular complexity index is 293. The van der Waals surface area contributed by atoms with Crippen molar-refractivity contribution in [1.29, 1.82) is 0 Å². The predicted molar refractivity (Wildman–Crippen MR) is 65.4 cm³/mol. The second-order valence-corrected chi connectivity index (χ2v) is 6.15. The molecule has 3 atom stereocenters. The zero-order valence-corrected chi connectivity index (χ0v) is 10.5. The van der Waals surface area contributed by atoms with E-state index in [-0.39, 0.29) is 11.7 Å². The van der Waals surface area contributed by atoms with Gasteiger partial charge in [0.05, 0.1) is 0 Å². The van der Waals surface area contributed by atoms with Crippen molar-refractivity contribution in [2.45, 2.75) is 50.3 Å². The summed E-state index contributed by atoms with van der Waals surface area (Å²) in [4.78, 5) is 22.1. The lowest BCUT2D eigenvalue weighted by atomic mass is 9.97. The highest BCUT2D eigenvalue weighted by atomic mass is 32.2. The van der Waals surface area contributed by atoms with Gasteiger partial charge in [0.25, 0.3) is 0 Å². The van der Waals surface area contributed by atoms with Crippen LogP contribution in [0.5, 0.6) is 0 Å². The van der Waals surface area contributed by atoms with Crippen LogP contribution < -0.4 is 5.32 Å². The first-order valence-corrected chi connectivity index (χ1v) is 7.12. The van der Waals surface area contributed by atoms with Gasteiger partial charge in [0.1, 0.15) is 5.78 Å². The number of hydrogen-bond acceptors (Lipinski definition) is 3. The molecule has 1 N–H and O–H groups in total. The third-order valence-corrected chi connectivity index (χ3v) is 5.05. The van der Waals surface area contributed by atoms with Gasteiger partial charge in [0, 0.05) is 24.1 Å². The number of carbonyl (C=O) groups excluding carboxylic acids is 2. The highest BCUT2D eigenvalue weighted by Gasteiger charge is 2.42. The zero-order chi connectivity index (χ0) is 11.5. The molecule has 0 bridgehead atoms. The minimum atomic E-state index is 0.226. The van der Waals surface area contributed by atoms with E-state index in [0.29, 0.717) is 23.6 Å². The fourth-order valence-corrected chi connectivity index (χ4v) is 4.27. The van der Waals surface area contributed by atoms with Crippen LogP contribution in [0.25, 0.3) is 0 Å². The Morgan fingerprint density at radius 3 is 3.06 bits per heavy atom. The number of unbranched alkanes of at least 4 members (excludes halogenated alkanes) is 1. The third-order valence-electron chi connectivity index (χ3n) is 3.48. The molecule has 2 aliphatic rings. The highest BCUT2D eigenvalue weighted by molar-refractivity contribution is 8.00. The van der Waals surface area contributed by atoms with Crippen LogP contribution in [-0.4, -0.2) is 28.7 Å². The Hall–Kier alpha value is -0.510. The minimum absolute atomic E-state index is 0.226. The van der Waals surface area contributed by atoms with Crippen molar-refractivity contribution in [2.75, 3.05) is 5.75 Å². The highest BCUT2D eigenvalue weighted by Crippen LogP contribution is 2.39. The van der Waals surface area contributed by atoms with Crippen LogP contribution in [-0.2, 0) is 9.59 Å². The largest absolute Gasteiger partial charge is 0.352 e. The lowest BCUT2D eigenvalue weighted by Crippen LogP contribution is -2.34. The first-order valence-electron chi connectivity index (χ1n) is 6.07. The quantitative estimate of drug-likeness (QED) is 0.746. The van der Waals surface area contributed by atoms with Crippen LogP contribution in [0.1, 0.15) is 39.0 Å². The molecule has 0 saturated carbocycles. The third kappa shape index (κ3) is 2.78. The first-order chi connectivity index (χ1) is 7.66. The van der Waals surface area contributed by atoms with E-state index in [9.17, 15) is 9.59 Å². The molecule has 0 aromatic rings. The Morgan fingerprint density at radius 1 is 1.50 bits per heavy atom. The van der Waals surface area contributed by atoms with Crippen molar-refractivity contribution in [2.24, 2.45) is 5.92 Å². The molecule has 0 aromatic heterocycles. The molecule has 0 aromatic carbocycles. The molecule has 0 spiro atoms. The van der Waals surface area contributed by atoms with Crippen molar-refractivity contribution >= 4 is 23.5 Å². The summed E-state index contributed by atoms with van der Waals surface area (Å²) in [6, 6.07) is 0.412. The average molecular weight is 241 g/mol. The lowest BCUT2D eigenvalue weighted by Gasteiger charge is -2.17. The summed E-state index contributed by atoms with van der Waals surface area (Å²) in [7, 11) is 0. The summed E-state index contributed by atoms with van der Waals surface area (Å²) < 4.78 is 0. The number of rotatable bonds is 5. The number of amides is 1. The molecule has 4 heteroatoms. The van der Waals surface area contributed by atoms with E-state index >= 15 is 0 Å². The monoisotopic (exact) mass is 241 g/mol. The van der Waals surface area contributed by atoms with Crippen molar-refractivity contribution in [3.63, 3.8) is 0 Å². The van der Waals surface area contributed by atoms with E-state index in [2.05, 4.69) is 5.32 Å². The molecule has 2 aliphatic heterocycles. The van der Waals surface area contributed by atoms with Gasteiger partial charge in [-0.2, -0.15) is 11.8 Å². The van der Waals surface area contributed by atoms with Gasteiger partial charge in [-0.15, -0.1) is 0 Å². The van der Waals surface area contributed by atoms with Gasteiger partial charge in [-0.25, -0.2) is 0 Å². The van der Waals surface area contributed by atoms with Crippen molar-refractivity contribution in [3.8, 4) is 0 Å². The number of Topliss-reactive ketones (excluding diaryl/α,β-unsaturated/α-hetero) is 1. The summed E-state index contributed by atoms with van der Waals surface area (Å²) in [5.74, 6) is 2.20. The van der Waals surface area contributed by atoms with Crippen LogP contribution in [0.4, 0.5) is 0 Å². The number of fused-ring (bicyclic) bond motifs is 1. The van der Waals surface area contributed by atoms with E-state index < -0.39 is 0 Å². The van der Waals surface area contributed by atoms with Crippen LogP contribution >= 0.6 is 11.8 Å². The van der Waals surface area contributed by atoms with Crippen molar-refractivity contribution in [1.82, 2.24) is 5.32 Å². The van der Waals surface area contributed by atoms with Crippen LogP contribution in [0.3, 0.4) is 0 Å². The summed E-state index contributed by atoms with van der Waals surface area (Å²) in [6.07, 6.45) is 4.67. The fraction of sp³-hybridized carbons (Fsp3) is 0.833. The van der Waals surface area contributed by atoms with Crippen LogP contribution in [0, 0.1) is 5.92 Å². The second-order valence-electron chi connectivity index (χ2n) is 4.88. The van der Waals surface area contributed by atoms with Crippen LogP contribution in [0.15, 0.2) is 0 Å². The molecular formula is C12H19NO2S. The lowest BCUT2D eigenvalue weighted by molar-refractivity contribution is -0.119. The molecule has 2 saturated heterocycles. The molecule has 2 heterocycles. The second kappa shape index (κ2) is 5.21. The van der Waals surface area contributed by atoms with E-state index in [0.717, 1.165) is 31.4 Å². The maximum Gasteiger partial charge on any atom is 0.220 e. The molecule has 1 amide bonds. The number of thioether (sulfide) groups is 1. The molecule has 1 unspecified atom stereocenters. The Balaban J connectivity index is 1.70. The summed E-state index contributed by atoms with van der Waals surface area (Å²) in [5, 5.41) is 3.68. The standard InChI is InChI=1S/C12H19NO2S/c1-8(14)4-2-3-5-10-12-9(7-16-10)6-11(15)13-12/h9-10,12H,2-7H2,1H3,(H,13,15)/t9-,10?,12-/m0/s1. The normalized spacial score (nSPS) is 32.6. The van der Waals surface area contributed by atoms with Gasteiger partial charge in [-0.3, -0.25) is 4.79 Å². The smallest absolute Gasteiger partial charge is 0.220 e. The van der Waals surface area contributed by atoms with E-state index in [1.807, 2.05) is 11.8 Å². The van der Waals surface area contributed by atoms with Gasteiger partial charge < -0.3 is 10.1 Å². The number of carbonyl (C=O) groups is 2. The summed E-state index contributed by atoms with van der Waals surface area (Å²) in [6.45, 7) is 1.65. The van der Waals surface area contributed by atoms with Gasteiger partial charge in [0.15, 0.2) is 0 Å². The Labute approximate surface area is 101 Å². The van der Waals surface area contributed by atoms with E-state index in [1.165, 1.54) is 0 Å². The zero-order valence-electron chi connectivity index (χ0n) is 9.70. The summed E-state index contributed by atoms with van der Waals surface area (Å²) >= 11 is 2.00. The van der Waals surface area contributed by atoms with Gasteiger partial charge in [-0.1, -0.05) is 6.42 Å². The topological polar surface area (TPSA) is 46.2 Å². The van der Waals surface area contributed by atoms with E-state index in [4.69, 9.17) is 0 Å². The fourth-order valence-electron chi connectivity index (χ4n) is 2.62. The van der Waals surface area contributed by atoms with Gasteiger partial charge >= 0.3 is 0 Å². The van der Waals surface area contributed by atoms with Gasteiger partial charge in [0.2, 0.25) is 5.91 Å². The molecule has 16 heavy (non-hydrogen) atoms. The van der Waals surface area contributed by atoms with Gasteiger partial charge in [-0.05, 0) is 31.4 Å². The molecule has 90 valence electrons. The molecule has 2 rings (SSSR count). The Morgan fingerprint density at radius 2 is 2.31 bits per heavy atom.